The first kappa shape index (κ1) is 29.6. The molecule has 3 aromatic carbocycles. The van der Waals surface area contributed by atoms with Gasteiger partial charge in [-0.1, -0.05) is 74.0 Å². The molecule has 0 radical (unpaired) electrons. The number of nitrogens with one attached hydrogen (secondary N) is 1. The number of likely N-dealkylation sites (tertiary alicyclic amines) is 1. The molecule has 1 aliphatic carbocycles. The Bertz CT molecular complexity index is 1260. The fourth-order valence-corrected chi connectivity index (χ4v) is 5.82. The molecule has 0 spiro atoms. The van der Waals surface area contributed by atoms with E-state index in [0.717, 1.165) is 38.8 Å². The minimum absolute atomic E-state index is 0.196. The minimum Gasteiger partial charge on any atom is -0.493 e. The van der Waals surface area contributed by atoms with E-state index >= 15 is 0 Å². The second-order valence-corrected chi connectivity index (χ2v) is 11.7. The summed E-state index contributed by atoms with van der Waals surface area (Å²) >= 11 is 0. The average Bonchev–Trinajstić information content (AvgIpc) is 3.86. The normalized spacial score (nSPS) is 15.9. The number of ether oxygens (including phenoxy) is 1. The second-order valence-electron chi connectivity index (χ2n) is 11.7. The lowest BCUT2D eigenvalue weighted by Gasteiger charge is -2.38. The summed E-state index contributed by atoms with van der Waals surface area (Å²) in [5.74, 6) is 1.43. The molecule has 0 unspecified atom stereocenters. The van der Waals surface area contributed by atoms with Crippen LogP contribution in [-0.4, -0.2) is 49.6 Å². The lowest BCUT2D eigenvalue weighted by atomic mass is 9.91. The molecule has 7 heteroatoms. The number of anilines is 1. The maximum absolute atomic E-state index is 13.6. The predicted octanol–water partition coefficient (Wildman–Crippen LogP) is 6.39. The SMILES string of the molecule is CCCCN(C(N)=O)c1ccc(OCC2CC2)cc1C(=O)NCC1CCN(C(c2ccccc2)c2ccccc2)CC1. The number of hydrogen-bond acceptors (Lipinski definition) is 4. The van der Waals surface area contributed by atoms with Crippen LogP contribution in [0.15, 0.2) is 78.9 Å². The van der Waals surface area contributed by atoms with Crippen molar-refractivity contribution >= 4 is 17.6 Å². The largest absolute Gasteiger partial charge is 0.493 e. The summed E-state index contributed by atoms with van der Waals surface area (Å²) in [5.41, 5.74) is 9.33. The standard InChI is InChI=1S/C35H44N4O3/c1-2-3-20-39(35(36)41)32-17-16-30(42-25-27-14-15-27)23-31(32)34(40)37-24-26-18-21-38(22-19-26)33(28-10-6-4-7-11-28)29-12-8-5-9-13-29/h4-13,16-17,23,26-27,33H,2-3,14-15,18-22,24-25H2,1H3,(H2,36,41)(H,37,40). The Morgan fingerprint density at radius 1 is 0.929 bits per heavy atom. The number of nitrogens with zero attached hydrogens (tertiary/aromatic N) is 2. The number of nitrogens with two attached hydrogens (primary N) is 1. The van der Waals surface area contributed by atoms with Crippen LogP contribution in [0.2, 0.25) is 0 Å². The smallest absolute Gasteiger partial charge is 0.319 e. The van der Waals surface area contributed by atoms with Crippen LogP contribution in [-0.2, 0) is 0 Å². The highest BCUT2D eigenvalue weighted by Crippen LogP contribution is 2.33. The molecule has 2 fully saturated rings. The highest BCUT2D eigenvalue weighted by atomic mass is 16.5. The number of benzene rings is 3. The fraction of sp³-hybridized carbons (Fsp3) is 0.429. The summed E-state index contributed by atoms with van der Waals surface area (Å²) in [7, 11) is 0. The van der Waals surface area contributed by atoms with Gasteiger partial charge >= 0.3 is 6.03 Å². The first-order valence-corrected chi connectivity index (χ1v) is 15.5. The zero-order valence-corrected chi connectivity index (χ0v) is 24.7. The van der Waals surface area contributed by atoms with Gasteiger partial charge in [0.05, 0.1) is 23.9 Å². The zero-order valence-electron chi connectivity index (χ0n) is 24.7. The number of amides is 3. The van der Waals surface area contributed by atoms with E-state index in [2.05, 4.69) is 77.8 Å². The van der Waals surface area contributed by atoms with Crippen LogP contribution in [0, 0.1) is 11.8 Å². The molecule has 222 valence electrons. The Morgan fingerprint density at radius 3 is 2.14 bits per heavy atom. The Labute approximate surface area is 250 Å². The van der Waals surface area contributed by atoms with Crippen LogP contribution < -0.4 is 20.7 Å². The van der Waals surface area contributed by atoms with Gasteiger partial charge in [-0.05, 0) is 86.4 Å². The van der Waals surface area contributed by atoms with Crippen molar-refractivity contribution in [2.24, 2.45) is 17.6 Å². The summed E-state index contributed by atoms with van der Waals surface area (Å²) in [6.07, 6.45) is 6.09. The number of rotatable bonds is 13. The number of urea groups is 1. The van der Waals surface area contributed by atoms with Crippen molar-refractivity contribution in [3.63, 3.8) is 0 Å². The van der Waals surface area contributed by atoms with Crippen molar-refractivity contribution in [1.82, 2.24) is 10.2 Å². The molecule has 1 aliphatic heterocycles. The summed E-state index contributed by atoms with van der Waals surface area (Å²) in [4.78, 5) is 30.0. The van der Waals surface area contributed by atoms with E-state index in [1.165, 1.54) is 28.9 Å². The summed E-state index contributed by atoms with van der Waals surface area (Å²) in [6, 6.07) is 26.4. The minimum atomic E-state index is -0.553. The Hall–Kier alpha value is -3.84. The summed E-state index contributed by atoms with van der Waals surface area (Å²) in [6.45, 7) is 5.69. The number of primary amides is 1. The van der Waals surface area contributed by atoms with Crippen molar-refractivity contribution in [3.8, 4) is 5.75 Å². The molecule has 3 N–H and O–H groups in total. The van der Waals surface area contributed by atoms with E-state index < -0.39 is 6.03 Å². The monoisotopic (exact) mass is 568 g/mol. The van der Waals surface area contributed by atoms with E-state index in [0.29, 0.717) is 48.5 Å². The number of carbonyl (C=O) groups excluding carboxylic acids is 2. The van der Waals surface area contributed by atoms with Gasteiger partial charge in [-0.2, -0.15) is 0 Å². The molecule has 0 aromatic heterocycles. The van der Waals surface area contributed by atoms with Gasteiger partial charge in [0.25, 0.3) is 5.91 Å². The number of carbonyl (C=O) groups is 2. The van der Waals surface area contributed by atoms with Gasteiger partial charge in [-0.15, -0.1) is 0 Å². The maximum atomic E-state index is 13.6. The second kappa shape index (κ2) is 14.4. The van der Waals surface area contributed by atoms with Gasteiger partial charge in [-0.3, -0.25) is 14.6 Å². The molecule has 42 heavy (non-hydrogen) atoms. The first-order valence-electron chi connectivity index (χ1n) is 15.5. The summed E-state index contributed by atoms with van der Waals surface area (Å²) < 4.78 is 5.98. The number of hydrogen-bond donors (Lipinski definition) is 2. The summed E-state index contributed by atoms with van der Waals surface area (Å²) in [5, 5.41) is 3.18. The third kappa shape index (κ3) is 7.71. The van der Waals surface area contributed by atoms with Gasteiger partial charge in [0, 0.05) is 13.1 Å². The van der Waals surface area contributed by atoms with Crippen molar-refractivity contribution < 1.29 is 14.3 Å². The average molecular weight is 569 g/mol. The highest BCUT2D eigenvalue weighted by Gasteiger charge is 2.28. The van der Waals surface area contributed by atoms with Gasteiger partial charge in [0.15, 0.2) is 0 Å². The molecule has 1 saturated heterocycles. The lowest BCUT2D eigenvalue weighted by molar-refractivity contribution is 0.0930. The van der Waals surface area contributed by atoms with Gasteiger partial charge < -0.3 is 15.8 Å². The van der Waals surface area contributed by atoms with E-state index in [-0.39, 0.29) is 11.9 Å². The lowest BCUT2D eigenvalue weighted by Crippen LogP contribution is -2.41. The van der Waals surface area contributed by atoms with Crippen molar-refractivity contribution in [2.75, 3.05) is 37.7 Å². The van der Waals surface area contributed by atoms with Crippen LogP contribution in [0.3, 0.4) is 0 Å². The molecule has 5 rings (SSSR count). The molecular formula is C35H44N4O3. The van der Waals surface area contributed by atoms with Crippen molar-refractivity contribution in [1.29, 1.82) is 0 Å². The van der Waals surface area contributed by atoms with Crippen molar-refractivity contribution in [2.45, 2.75) is 51.5 Å². The molecule has 3 aromatic rings. The van der Waals surface area contributed by atoms with Crippen LogP contribution in [0.5, 0.6) is 5.75 Å². The Balaban J connectivity index is 1.24. The molecule has 7 nitrogen and oxygen atoms in total. The quantitative estimate of drug-likeness (QED) is 0.250. The van der Waals surface area contributed by atoms with E-state index in [1.807, 2.05) is 6.07 Å². The Kier molecular flexibility index (Phi) is 10.1. The van der Waals surface area contributed by atoms with Crippen LogP contribution in [0.4, 0.5) is 10.5 Å². The molecule has 1 saturated carbocycles. The third-order valence-electron chi connectivity index (χ3n) is 8.48. The van der Waals surface area contributed by atoms with Crippen LogP contribution in [0.25, 0.3) is 0 Å². The highest BCUT2D eigenvalue weighted by molar-refractivity contribution is 6.04. The van der Waals surface area contributed by atoms with Gasteiger partial charge in [-0.25, -0.2) is 4.79 Å². The topological polar surface area (TPSA) is 87.9 Å². The van der Waals surface area contributed by atoms with E-state index in [9.17, 15) is 9.59 Å². The van der Waals surface area contributed by atoms with Crippen molar-refractivity contribution in [3.05, 3.63) is 95.6 Å². The Morgan fingerprint density at radius 2 is 1.57 bits per heavy atom. The maximum Gasteiger partial charge on any atom is 0.319 e. The molecule has 0 atom stereocenters. The molecular weight excluding hydrogens is 524 g/mol. The first-order chi connectivity index (χ1) is 20.5. The molecule has 0 bridgehead atoms. The van der Waals surface area contributed by atoms with Crippen LogP contribution >= 0.6 is 0 Å². The van der Waals surface area contributed by atoms with E-state index in [1.54, 1.807) is 12.1 Å². The van der Waals surface area contributed by atoms with Gasteiger partial charge in [0.2, 0.25) is 0 Å². The fourth-order valence-electron chi connectivity index (χ4n) is 5.82. The molecule has 2 aliphatic rings. The predicted molar refractivity (Wildman–Crippen MR) is 168 cm³/mol. The zero-order chi connectivity index (χ0) is 29.3. The third-order valence-corrected chi connectivity index (χ3v) is 8.48. The molecule has 3 amide bonds. The number of unbranched alkanes of at least 4 members (excludes halogenated alkanes) is 1. The van der Waals surface area contributed by atoms with Crippen LogP contribution in [0.1, 0.15) is 73.0 Å². The van der Waals surface area contributed by atoms with Gasteiger partial charge in [0.1, 0.15) is 5.75 Å². The number of piperidine rings is 1. The van der Waals surface area contributed by atoms with E-state index in [4.69, 9.17) is 10.5 Å². The molecule has 1 heterocycles.